The average Bonchev–Trinajstić information content (AvgIpc) is 3.40. The number of fused-ring (bicyclic) bond motifs is 3. The van der Waals surface area contributed by atoms with Crippen molar-refractivity contribution in [3.8, 4) is 10.4 Å². The van der Waals surface area contributed by atoms with Gasteiger partial charge in [-0.1, -0.05) is 30.3 Å². The summed E-state index contributed by atoms with van der Waals surface area (Å²) < 4.78 is 18.4. The molecule has 0 N–H and O–H groups in total. The Bertz CT molecular complexity index is 1410. The Labute approximate surface area is 180 Å². The molecule has 5 nitrogen and oxygen atoms in total. The van der Waals surface area contributed by atoms with Crippen LogP contribution in [-0.2, 0) is 11.3 Å². The van der Waals surface area contributed by atoms with Gasteiger partial charge in [0, 0.05) is 18.7 Å². The van der Waals surface area contributed by atoms with Gasteiger partial charge in [0.1, 0.15) is 18.0 Å². The minimum absolute atomic E-state index is 0.0971. The van der Waals surface area contributed by atoms with Crippen molar-refractivity contribution in [3.63, 3.8) is 0 Å². The maximum Gasteiger partial charge on any atom is 0.262 e. The zero-order chi connectivity index (χ0) is 20.8. The molecule has 0 atom stereocenters. The third-order valence-electron chi connectivity index (χ3n) is 5.53. The number of carbonyl (C=O) groups is 1. The van der Waals surface area contributed by atoms with Gasteiger partial charge in [0.2, 0.25) is 5.91 Å². The highest BCUT2D eigenvalue weighted by molar-refractivity contribution is 7.73. The molecule has 1 saturated heterocycles. The van der Waals surface area contributed by atoms with E-state index in [1.165, 1.54) is 22.0 Å². The van der Waals surface area contributed by atoms with Gasteiger partial charge in [-0.25, -0.2) is 4.39 Å². The summed E-state index contributed by atoms with van der Waals surface area (Å²) in [7, 11) is 0. The standard InChI is InChI=1S/C22H18FN3O2S2/c23-16-9-3-1-7-14(16)19-20-25(13-18(27)24-11-5-6-12-24)21(28)15-8-2-4-10-17(15)26(20)22(29)30-19/h1-4,7-10H,5-6,11-13H2. The highest BCUT2D eigenvalue weighted by atomic mass is 32.1. The van der Waals surface area contributed by atoms with Gasteiger partial charge in [0.25, 0.3) is 5.56 Å². The second kappa shape index (κ2) is 7.45. The second-order valence-corrected chi connectivity index (χ2v) is 8.98. The molecule has 2 aromatic heterocycles. The molecule has 4 aromatic rings. The number of hydrogen-bond donors (Lipinski definition) is 0. The Kier molecular flexibility index (Phi) is 4.75. The first-order chi connectivity index (χ1) is 14.6. The Morgan fingerprint density at radius 2 is 1.77 bits per heavy atom. The fourth-order valence-electron chi connectivity index (χ4n) is 4.08. The highest BCUT2D eigenvalue weighted by Gasteiger charge is 2.24. The van der Waals surface area contributed by atoms with Crippen LogP contribution in [0.2, 0.25) is 0 Å². The summed E-state index contributed by atoms with van der Waals surface area (Å²) in [6.45, 7) is 1.31. The molecule has 5 rings (SSSR count). The number of amides is 1. The van der Waals surface area contributed by atoms with Crippen molar-refractivity contribution < 1.29 is 9.18 Å². The van der Waals surface area contributed by atoms with Crippen LogP contribution in [-0.4, -0.2) is 32.9 Å². The summed E-state index contributed by atoms with van der Waals surface area (Å²) in [6.07, 6.45) is 1.94. The van der Waals surface area contributed by atoms with Gasteiger partial charge in [0.15, 0.2) is 3.95 Å². The van der Waals surface area contributed by atoms with E-state index in [4.69, 9.17) is 12.2 Å². The fourth-order valence-corrected chi connectivity index (χ4v) is 5.54. The van der Waals surface area contributed by atoms with Crippen molar-refractivity contribution in [2.75, 3.05) is 13.1 Å². The Morgan fingerprint density at radius 1 is 1.07 bits per heavy atom. The molecular formula is C22H18FN3O2S2. The molecule has 1 fully saturated rings. The predicted molar refractivity (Wildman–Crippen MR) is 119 cm³/mol. The molecule has 0 aliphatic carbocycles. The quantitative estimate of drug-likeness (QED) is 0.443. The number of benzene rings is 2. The molecule has 30 heavy (non-hydrogen) atoms. The normalized spacial score (nSPS) is 14.1. The molecule has 3 heterocycles. The van der Waals surface area contributed by atoms with E-state index in [-0.39, 0.29) is 18.0 Å². The lowest BCUT2D eigenvalue weighted by Crippen LogP contribution is -2.35. The van der Waals surface area contributed by atoms with Crippen molar-refractivity contribution in [2.24, 2.45) is 0 Å². The number of rotatable bonds is 3. The van der Waals surface area contributed by atoms with E-state index >= 15 is 0 Å². The minimum atomic E-state index is -0.394. The molecule has 1 aliphatic rings. The lowest BCUT2D eigenvalue weighted by atomic mass is 10.1. The van der Waals surface area contributed by atoms with E-state index in [1.807, 2.05) is 12.1 Å². The van der Waals surface area contributed by atoms with E-state index in [0.29, 0.717) is 44.0 Å². The van der Waals surface area contributed by atoms with E-state index in [2.05, 4.69) is 0 Å². The summed E-state index contributed by atoms with van der Waals surface area (Å²) in [4.78, 5) is 28.7. The van der Waals surface area contributed by atoms with Crippen LogP contribution in [0.15, 0.2) is 53.3 Å². The highest BCUT2D eigenvalue weighted by Crippen LogP contribution is 2.34. The summed E-state index contributed by atoms with van der Waals surface area (Å²) in [5.74, 6) is -0.502. The lowest BCUT2D eigenvalue weighted by Gasteiger charge is -2.18. The molecule has 0 spiro atoms. The number of halogens is 1. The van der Waals surface area contributed by atoms with Gasteiger partial charge >= 0.3 is 0 Å². The van der Waals surface area contributed by atoms with Crippen molar-refractivity contribution in [2.45, 2.75) is 19.4 Å². The van der Waals surface area contributed by atoms with Crippen LogP contribution < -0.4 is 5.56 Å². The van der Waals surface area contributed by atoms with E-state index < -0.39 is 5.82 Å². The predicted octanol–water partition coefficient (Wildman–Crippen LogP) is 4.47. The maximum absolute atomic E-state index is 14.7. The minimum Gasteiger partial charge on any atom is -0.341 e. The second-order valence-electron chi connectivity index (χ2n) is 7.33. The lowest BCUT2D eigenvalue weighted by molar-refractivity contribution is -0.130. The Balaban J connectivity index is 1.85. The van der Waals surface area contributed by atoms with Gasteiger partial charge in [-0.3, -0.25) is 18.6 Å². The zero-order valence-electron chi connectivity index (χ0n) is 16.0. The van der Waals surface area contributed by atoms with Crippen molar-refractivity contribution in [1.29, 1.82) is 0 Å². The molecule has 0 bridgehead atoms. The SMILES string of the molecule is O=C(Cn1c(=O)c2ccccc2n2c(=S)sc(-c3ccccc3F)c12)N1CCCC1. The third-order valence-corrected chi connectivity index (χ3v) is 6.93. The van der Waals surface area contributed by atoms with Crippen LogP contribution in [0.1, 0.15) is 12.8 Å². The van der Waals surface area contributed by atoms with Crippen molar-refractivity contribution in [3.05, 3.63) is 68.7 Å². The first-order valence-electron chi connectivity index (χ1n) is 9.76. The van der Waals surface area contributed by atoms with Crippen LogP contribution in [0, 0.1) is 9.77 Å². The number of likely N-dealkylation sites (tertiary alicyclic amines) is 1. The van der Waals surface area contributed by atoms with Crippen LogP contribution in [0.4, 0.5) is 4.39 Å². The molecule has 2 aromatic carbocycles. The molecular weight excluding hydrogens is 421 g/mol. The van der Waals surface area contributed by atoms with E-state index in [1.54, 1.807) is 39.6 Å². The monoisotopic (exact) mass is 439 g/mol. The largest absolute Gasteiger partial charge is 0.341 e. The number of nitrogens with zero attached hydrogens (tertiary/aromatic N) is 3. The van der Waals surface area contributed by atoms with Crippen molar-refractivity contribution in [1.82, 2.24) is 13.9 Å². The van der Waals surface area contributed by atoms with Gasteiger partial charge in [0.05, 0.1) is 15.8 Å². The molecule has 0 unspecified atom stereocenters. The molecule has 0 radical (unpaired) electrons. The van der Waals surface area contributed by atoms with Gasteiger partial charge in [-0.05, 0) is 43.3 Å². The third kappa shape index (κ3) is 2.98. The Morgan fingerprint density at radius 3 is 2.53 bits per heavy atom. The maximum atomic E-state index is 14.7. The van der Waals surface area contributed by atoms with E-state index in [0.717, 1.165) is 12.8 Å². The first kappa shape index (κ1) is 19.1. The van der Waals surface area contributed by atoms with E-state index in [9.17, 15) is 14.0 Å². The number of thiazole rings is 1. The molecule has 1 aliphatic heterocycles. The summed E-state index contributed by atoms with van der Waals surface area (Å²) in [5.41, 5.74) is 1.22. The first-order valence-corrected chi connectivity index (χ1v) is 11.0. The molecule has 8 heteroatoms. The van der Waals surface area contributed by atoms with Gasteiger partial charge < -0.3 is 4.90 Å². The fraction of sp³-hybridized carbons (Fsp3) is 0.227. The molecule has 0 saturated carbocycles. The van der Waals surface area contributed by atoms with Crippen molar-refractivity contribution >= 4 is 46.0 Å². The topological polar surface area (TPSA) is 46.7 Å². The summed E-state index contributed by atoms with van der Waals surface area (Å²) in [5, 5.41) is 0.480. The smallest absolute Gasteiger partial charge is 0.262 e. The van der Waals surface area contributed by atoms with Crippen LogP contribution >= 0.6 is 23.6 Å². The summed E-state index contributed by atoms with van der Waals surface area (Å²) >= 11 is 6.86. The van der Waals surface area contributed by atoms with Crippen LogP contribution in [0.25, 0.3) is 27.0 Å². The van der Waals surface area contributed by atoms with Crippen LogP contribution in [0.5, 0.6) is 0 Å². The summed E-state index contributed by atoms with van der Waals surface area (Å²) in [6, 6.07) is 13.6. The number of aromatic nitrogens is 2. The van der Waals surface area contributed by atoms with Crippen LogP contribution in [0.3, 0.4) is 0 Å². The van der Waals surface area contributed by atoms with Gasteiger partial charge in [-0.2, -0.15) is 0 Å². The average molecular weight is 440 g/mol. The Hall–Kier alpha value is -2.84. The number of carbonyl (C=O) groups excluding carboxylic acids is 1. The molecule has 1 amide bonds. The number of para-hydroxylation sites is 1. The molecule has 152 valence electrons. The number of hydrogen-bond acceptors (Lipinski definition) is 4. The zero-order valence-corrected chi connectivity index (χ0v) is 17.6. The van der Waals surface area contributed by atoms with Gasteiger partial charge in [-0.15, -0.1) is 11.3 Å².